The first-order valence-corrected chi connectivity index (χ1v) is 17.1. The van der Waals surface area contributed by atoms with Crippen molar-refractivity contribution in [3.8, 4) is 11.1 Å². The number of hydrogen-bond donors (Lipinski definition) is 0. The minimum atomic E-state index is -3.16. The maximum atomic E-state index is 5.49. The van der Waals surface area contributed by atoms with E-state index in [0.717, 1.165) is 4.31 Å². The molecular formula is C25H19FeN. The molecule has 10 aliphatic heterocycles. The Bertz CT molecular complexity index is 1680. The molecule has 4 unspecified atom stereocenters. The van der Waals surface area contributed by atoms with E-state index in [1.54, 1.807) is 5.69 Å². The molecular weight excluding hydrogens is 370 g/mol. The van der Waals surface area contributed by atoms with Crippen molar-refractivity contribution in [3.63, 3.8) is 0 Å². The van der Waals surface area contributed by atoms with Crippen molar-refractivity contribution in [2.75, 3.05) is 0 Å². The van der Waals surface area contributed by atoms with Crippen molar-refractivity contribution < 1.29 is 6.51 Å². The third kappa shape index (κ3) is 0.191. The summed E-state index contributed by atoms with van der Waals surface area (Å²) in [5.41, 5.74) is 5.70. The third-order valence-corrected chi connectivity index (χ3v) is 60.2. The number of fused-ring (bicyclic) bond motifs is 11. The van der Waals surface area contributed by atoms with Gasteiger partial charge < -0.3 is 0 Å². The van der Waals surface area contributed by atoms with E-state index >= 15 is 0 Å². The third-order valence-electron chi connectivity index (χ3n) is 17.9. The molecule has 13 rings (SSSR count). The average Bonchev–Trinajstić information content (AvgIpc) is 3.67. The van der Waals surface area contributed by atoms with Gasteiger partial charge in [-0.1, -0.05) is 0 Å². The molecule has 0 N–H and O–H groups in total. The molecule has 11 heterocycles. The van der Waals surface area contributed by atoms with Crippen LogP contribution in [0.4, 0.5) is 0 Å². The van der Waals surface area contributed by atoms with E-state index in [9.17, 15) is 0 Å². The number of para-hydroxylation sites is 1. The van der Waals surface area contributed by atoms with E-state index in [-0.39, 0.29) is 0 Å². The Morgan fingerprint density at radius 1 is 0.704 bits per heavy atom. The van der Waals surface area contributed by atoms with Gasteiger partial charge in [-0.05, 0) is 0 Å². The van der Waals surface area contributed by atoms with Crippen LogP contribution in [0, 0.1) is 0 Å². The molecule has 2 aromatic carbocycles. The Morgan fingerprint density at radius 3 is 1.93 bits per heavy atom. The normalized spacial score (nSPS) is 79.3. The van der Waals surface area contributed by atoms with E-state index in [1.807, 2.05) is 0 Å². The molecule has 0 amide bonds. The first-order chi connectivity index (χ1) is 13.1. The van der Waals surface area contributed by atoms with E-state index < -0.39 is 6.51 Å². The Hall–Kier alpha value is -1.63. The van der Waals surface area contributed by atoms with Gasteiger partial charge in [-0.25, -0.2) is 0 Å². The summed E-state index contributed by atoms with van der Waals surface area (Å²) in [4.78, 5) is 17.6. The van der Waals surface area contributed by atoms with Crippen LogP contribution in [0.25, 0.3) is 22.0 Å². The summed E-state index contributed by atoms with van der Waals surface area (Å²) in [7, 11) is 0. The van der Waals surface area contributed by atoms with Crippen molar-refractivity contribution in [2.24, 2.45) is 0 Å². The molecule has 27 heavy (non-hydrogen) atoms. The number of hydrogen-bond acceptors (Lipinski definition) is 1. The van der Waals surface area contributed by atoms with Crippen molar-refractivity contribution in [1.29, 1.82) is 0 Å². The quantitative estimate of drug-likeness (QED) is 0.445. The Balaban J connectivity index is 1.25. The van der Waals surface area contributed by atoms with Crippen molar-refractivity contribution in [1.82, 2.24) is 4.98 Å². The van der Waals surface area contributed by atoms with Gasteiger partial charge in [-0.3, -0.25) is 0 Å². The van der Waals surface area contributed by atoms with Crippen LogP contribution in [0.1, 0.15) is 5.69 Å². The standard InChI is InChI=1S/C20H14N.C5H5.Fe/c1-2-8-15(9-3-1)18-14-20(16-10-4-5-11-16)21-19-13-7-6-12-17(18)19;1-2-4-5-3-1;/h1-14H;1-5H;. The fourth-order valence-corrected chi connectivity index (χ4v) is 93.1. The van der Waals surface area contributed by atoms with Crippen molar-refractivity contribution in [3.05, 3.63) is 66.4 Å². The summed E-state index contributed by atoms with van der Waals surface area (Å²) in [6.45, 7) is -3.16. The van der Waals surface area contributed by atoms with E-state index in [4.69, 9.17) is 4.98 Å². The Labute approximate surface area is 147 Å². The molecule has 0 saturated carbocycles. The second kappa shape index (κ2) is 1.27. The van der Waals surface area contributed by atoms with Crippen LogP contribution in [-0.2, 0) is 10.8 Å². The number of rotatable bonds is 2. The summed E-state index contributed by atoms with van der Waals surface area (Å²) in [6.07, 6.45) is 0. The van der Waals surface area contributed by atoms with Gasteiger partial charge in [0.15, 0.2) is 0 Å². The van der Waals surface area contributed by atoms with Gasteiger partial charge in [0.2, 0.25) is 0 Å². The fraction of sp³-hybridized carbons (Fsp3) is 0.400. The zero-order valence-electron chi connectivity index (χ0n) is 14.8. The molecule has 1 spiro atoms. The molecule has 10 fully saturated rings. The molecule has 132 valence electrons. The van der Waals surface area contributed by atoms with E-state index in [1.165, 1.54) is 65.4 Å². The molecule has 10 aliphatic rings. The second-order valence-corrected chi connectivity index (χ2v) is 37.2. The van der Waals surface area contributed by atoms with Crippen LogP contribution in [0.2, 0.25) is 43.3 Å². The van der Waals surface area contributed by atoms with Crippen molar-refractivity contribution in [2.45, 2.75) is 47.7 Å². The molecule has 10 saturated heterocycles. The van der Waals surface area contributed by atoms with Crippen LogP contribution < -0.4 is 0 Å². The van der Waals surface area contributed by atoms with Gasteiger partial charge in [-0.2, -0.15) is 0 Å². The van der Waals surface area contributed by atoms with Crippen LogP contribution in [0.15, 0.2) is 60.7 Å². The molecule has 0 radical (unpaired) electrons. The van der Waals surface area contributed by atoms with Gasteiger partial charge in [0.1, 0.15) is 0 Å². The molecule has 0 aliphatic carbocycles. The first-order valence-electron chi connectivity index (χ1n) is 10.8. The predicted molar refractivity (Wildman–Crippen MR) is 103 cm³/mol. The summed E-state index contributed by atoms with van der Waals surface area (Å²) < 4.78 is 0.743. The summed E-state index contributed by atoms with van der Waals surface area (Å²) >= 11 is 0. The van der Waals surface area contributed by atoms with Gasteiger partial charge in [0.05, 0.1) is 0 Å². The number of benzene rings is 2. The van der Waals surface area contributed by atoms with Crippen LogP contribution in [-0.4, -0.2) is 4.98 Å². The zero-order chi connectivity index (χ0) is 16.7. The minimum absolute atomic E-state index is 0.743. The van der Waals surface area contributed by atoms with E-state index in [2.05, 4.69) is 60.7 Å². The number of nitrogens with zero attached hydrogens (tertiary/aromatic N) is 1. The molecule has 0 bridgehead atoms. The molecule has 1 aromatic heterocycles. The summed E-state index contributed by atoms with van der Waals surface area (Å²) in [5, 5.41) is 1.35. The molecule has 3 aromatic rings. The monoisotopic (exact) mass is 389 g/mol. The Morgan fingerprint density at radius 2 is 1.33 bits per heavy atom. The second-order valence-electron chi connectivity index (χ2n) is 13.6. The van der Waals surface area contributed by atoms with Crippen molar-refractivity contribution >= 4 is 10.9 Å². The topological polar surface area (TPSA) is 12.9 Å². The van der Waals surface area contributed by atoms with Gasteiger partial charge in [0, 0.05) is 0 Å². The average molecular weight is 389 g/mol. The predicted octanol–water partition coefficient (Wildman–Crippen LogP) is 6.70. The fourth-order valence-electron chi connectivity index (χ4n) is 19.1. The van der Waals surface area contributed by atoms with Gasteiger partial charge in [0.25, 0.3) is 0 Å². The van der Waals surface area contributed by atoms with Gasteiger partial charge >= 0.3 is 148 Å². The number of pyridine rings is 1. The zero-order valence-corrected chi connectivity index (χ0v) is 15.9. The molecule has 2 heteroatoms. The first kappa shape index (κ1) is 10.8. The maximum absolute atomic E-state index is 5.49. The van der Waals surface area contributed by atoms with Gasteiger partial charge in [-0.15, -0.1) is 0 Å². The van der Waals surface area contributed by atoms with Crippen LogP contribution in [0.5, 0.6) is 0 Å². The summed E-state index contributed by atoms with van der Waals surface area (Å²) in [5.74, 6) is 0. The number of aromatic nitrogens is 1. The van der Waals surface area contributed by atoms with Crippen LogP contribution >= 0.6 is 0 Å². The molecule has 1 nitrogen and oxygen atoms in total. The van der Waals surface area contributed by atoms with E-state index in [0.29, 0.717) is 0 Å². The van der Waals surface area contributed by atoms with Crippen LogP contribution in [0.3, 0.4) is 0 Å². The summed E-state index contributed by atoms with van der Waals surface area (Å²) in [6, 6.07) is 22.6. The SMILES string of the molecule is c1ccc(-c2cc([C]34[CH]5[CH]6[CH]7[CH]3[Fe]6754389%10[CH]4[CH]3[CH]8[CH]9[CH]4%10)nc3ccccc23)cc1. The molecule has 4 atom stereocenters. The Kier molecular flexibility index (Phi) is 0.507.